The van der Waals surface area contributed by atoms with E-state index in [1.807, 2.05) is 12.1 Å². The van der Waals surface area contributed by atoms with Crippen LogP contribution < -0.4 is 10.1 Å². The summed E-state index contributed by atoms with van der Waals surface area (Å²) < 4.78 is 5.64. The smallest absolute Gasteiger partial charge is 0.124 e. The van der Waals surface area contributed by atoms with E-state index < -0.39 is 0 Å². The van der Waals surface area contributed by atoms with Crippen LogP contribution in [0.4, 0.5) is 0 Å². The Morgan fingerprint density at radius 3 is 2.64 bits per heavy atom. The fourth-order valence-corrected chi connectivity index (χ4v) is 3.15. The molecule has 3 heteroatoms. The van der Waals surface area contributed by atoms with E-state index in [9.17, 15) is 5.11 Å². The summed E-state index contributed by atoms with van der Waals surface area (Å²) in [7, 11) is 1.73. The topological polar surface area (TPSA) is 41.5 Å². The minimum absolute atomic E-state index is 0.112. The van der Waals surface area contributed by atoms with Gasteiger partial charge in [0.15, 0.2) is 0 Å². The van der Waals surface area contributed by atoms with Crippen molar-refractivity contribution in [2.45, 2.75) is 32.2 Å². The van der Waals surface area contributed by atoms with Gasteiger partial charge >= 0.3 is 0 Å². The van der Waals surface area contributed by atoms with Crippen LogP contribution in [0, 0.1) is 0 Å². The van der Waals surface area contributed by atoms with Gasteiger partial charge in [-0.1, -0.05) is 32.0 Å². The van der Waals surface area contributed by atoms with Crippen molar-refractivity contribution < 1.29 is 9.84 Å². The fourth-order valence-electron chi connectivity index (χ4n) is 3.15. The molecule has 0 amide bonds. The molecule has 3 rings (SSSR count). The highest BCUT2D eigenvalue weighted by atomic mass is 16.5. The lowest BCUT2D eigenvalue weighted by Crippen LogP contribution is -2.30. The Hall–Kier alpha value is -2.00. The molecule has 0 radical (unpaired) electrons. The van der Waals surface area contributed by atoms with Gasteiger partial charge in [-0.25, -0.2) is 0 Å². The quantitative estimate of drug-likeness (QED) is 0.906. The van der Waals surface area contributed by atoms with E-state index in [0.29, 0.717) is 11.7 Å². The summed E-state index contributed by atoms with van der Waals surface area (Å²) >= 11 is 0. The Labute approximate surface area is 131 Å². The van der Waals surface area contributed by atoms with Crippen LogP contribution in [0.5, 0.6) is 11.5 Å². The van der Waals surface area contributed by atoms with Crippen LogP contribution in [0.1, 0.15) is 48.1 Å². The monoisotopic (exact) mass is 297 g/mol. The van der Waals surface area contributed by atoms with Gasteiger partial charge in [-0.15, -0.1) is 0 Å². The minimum atomic E-state index is 0.112. The third kappa shape index (κ3) is 2.69. The van der Waals surface area contributed by atoms with Gasteiger partial charge in [-0.05, 0) is 47.2 Å². The first-order valence-electron chi connectivity index (χ1n) is 7.83. The van der Waals surface area contributed by atoms with Crippen molar-refractivity contribution in [3.8, 4) is 11.5 Å². The number of phenols is 1. The molecule has 1 heterocycles. The first-order chi connectivity index (χ1) is 10.6. The summed E-state index contributed by atoms with van der Waals surface area (Å²) in [6.07, 6.45) is 0.937. The molecule has 3 nitrogen and oxygen atoms in total. The van der Waals surface area contributed by atoms with E-state index in [2.05, 4.69) is 37.4 Å². The van der Waals surface area contributed by atoms with Gasteiger partial charge in [0.1, 0.15) is 11.5 Å². The number of nitrogens with one attached hydrogen (secondary N) is 1. The fraction of sp³-hybridized carbons (Fsp3) is 0.368. The minimum Gasteiger partial charge on any atom is -0.508 e. The summed E-state index contributed by atoms with van der Waals surface area (Å²) in [5, 5.41) is 13.3. The van der Waals surface area contributed by atoms with Crippen molar-refractivity contribution in [2.75, 3.05) is 13.7 Å². The molecular weight excluding hydrogens is 274 g/mol. The second kappa shape index (κ2) is 6.01. The van der Waals surface area contributed by atoms with E-state index in [-0.39, 0.29) is 6.04 Å². The normalized spacial score (nSPS) is 17.4. The molecule has 2 N–H and O–H groups in total. The average Bonchev–Trinajstić information content (AvgIpc) is 2.53. The van der Waals surface area contributed by atoms with Crippen LogP contribution in [0.15, 0.2) is 36.4 Å². The molecule has 2 aromatic rings. The predicted molar refractivity (Wildman–Crippen MR) is 88.7 cm³/mol. The Kier molecular flexibility index (Phi) is 4.08. The van der Waals surface area contributed by atoms with Gasteiger partial charge in [0.05, 0.1) is 13.2 Å². The summed E-state index contributed by atoms with van der Waals surface area (Å²) in [5.41, 5.74) is 4.86. The molecule has 0 saturated heterocycles. The molecule has 1 atom stereocenters. The van der Waals surface area contributed by atoms with Crippen LogP contribution >= 0.6 is 0 Å². The second-order valence-corrected chi connectivity index (χ2v) is 6.18. The van der Waals surface area contributed by atoms with Crippen LogP contribution in [-0.2, 0) is 6.42 Å². The number of hydrogen-bond acceptors (Lipinski definition) is 3. The molecule has 0 aliphatic carbocycles. The van der Waals surface area contributed by atoms with E-state index in [4.69, 9.17) is 4.74 Å². The number of phenolic OH excluding ortho intramolecular Hbond substituents is 1. The van der Waals surface area contributed by atoms with Crippen molar-refractivity contribution in [1.29, 1.82) is 0 Å². The Morgan fingerprint density at radius 1 is 1.14 bits per heavy atom. The molecule has 0 saturated carbocycles. The molecule has 0 spiro atoms. The molecule has 116 valence electrons. The molecule has 1 unspecified atom stereocenters. The number of ether oxygens (including phenoxy) is 1. The van der Waals surface area contributed by atoms with Crippen molar-refractivity contribution in [3.63, 3.8) is 0 Å². The zero-order chi connectivity index (χ0) is 15.7. The number of benzene rings is 2. The zero-order valence-corrected chi connectivity index (χ0v) is 13.4. The van der Waals surface area contributed by atoms with Crippen molar-refractivity contribution in [1.82, 2.24) is 5.32 Å². The van der Waals surface area contributed by atoms with Gasteiger partial charge in [-0.3, -0.25) is 0 Å². The molecular formula is C19H23NO2. The van der Waals surface area contributed by atoms with Gasteiger partial charge in [0, 0.05) is 12.1 Å². The highest BCUT2D eigenvalue weighted by molar-refractivity contribution is 5.49. The first-order valence-corrected chi connectivity index (χ1v) is 7.83. The summed E-state index contributed by atoms with van der Waals surface area (Å²) in [4.78, 5) is 0. The van der Waals surface area contributed by atoms with Crippen molar-refractivity contribution in [2.24, 2.45) is 0 Å². The number of hydrogen-bond donors (Lipinski definition) is 2. The third-order valence-corrected chi connectivity index (χ3v) is 4.42. The van der Waals surface area contributed by atoms with Gasteiger partial charge in [-0.2, -0.15) is 0 Å². The van der Waals surface area contributed by atoms with E-state index in [1.54, 1.807) is 13.2 Å². The lowest BCUT2D eigenvalue weighted by Gasteiger charge is -2.29. The maximum atomic E-state index is 9.70. The van der Waals surface area contributed by atoms with Gasteiger partial charge < -0.3 is 15.2 Å². The molecule has 0 fully saturated rings. The SMILES string of the molecule is COc1cc(C(C)C)ccc1C1NCCc2cc(O)ccc21. The van der Waals surface area contributed by atoms with Gasteiger partial charge in [0.2, 0.25) is 0 Å². The molecule has 0 bridgehead atoms. The third-order valence-electron chi connectivity index (χ3n) is 4.42. The Bertz CT molecular complexity index is 679. The van der Waals surface area contributed by atoms with Gasteiger partial charge in [0.25, 0.3) is 0 Å². The first kappa shape index (κ1) is 14.9. The summed E-state index contributed by atoms with van der Waals surface area (Å²) in [6.45, 7) is 5.27. The maximum Gasteiger partial charge on any atom is 0.124 e. The predicted octanol–water partition coefficient (Wildman–Crippen LogP) is 3.76. The van der Waals surface area contributed by atoms with Crippen LogP contribution in [0.25, 0.3) is 0 Å². The van der Waals surface area contributed by atoms with Crippen LogP contribution in [0.2, 0.25) is 0 Å². The highest BCUT2D eigenvalue weighted by Crippen LogP contribution is 2.36. The Morgan fingerprint density at radius 2 is 1.91 bits per heavy atom. The molecule has 1 aliphatic heterocycles. The summed E-state index contributed by atoms with van der Waals surface area (Å²) in [6, 6.07) is 12.2. The van der Waals surface area contributed by atoms with E-state index in [0.717, 1.165) is 24.3 Å². The molecule has 0 aromatic heterocycles. The lowest BCUT2D eigenvalue weighted by atomic mass is 9.88. The van der Waals surface area contributed by atoms with Crippen LogP contribution in [0.3, 0.4) is 0 Å². The van der Waals surface area contributed by atoms with Crippen LogP contribution in [-0.4, -0.2) is 18.8 Å². The highest BCUT2D eigenvalue weighted by Gasteiger charge is 2.24. The second-order valence-electron chi connectivity index (χ2n) is 6.18. The Balaban J connectivity index is 2.05. The maximum absolute atomic E-state index is 9.70. The van der Waals surface area contributed by atoms with E-state index >= 15 is 0 Å². The lowest BCUT2D eigenvalue weighted by molar-refractivity contribution is 0.401. The molecule has 22 heavy (non-hydrogen) atoms. The number of rotatable bonds is 3. The molecule has 1 aliphatic rings. The average molecular weight is 297 g/mol. The molecule has 2 aromatic carbocycles. The zero-order valence-electron chi connectivity index (χ0n) is 13.4. The number of fused-ring (bicyclic) bond motifs is 1. The van der Waals surface area contributed by atoms with Crippen molar-refractivity contribution >= 4 is 0 Å². The van der Waals surface area contributed by atoms with Crippen molar-refractivity contribution in [3.05, 3.63) is 58.7 Å². The number of aromatic hydroxyl groups is 1. The summed E-state index contributed by atoms with van der Waals surface area (Å²) in [5.74, 6) is 1.73. The standard InChI is InChI=1S/C19H23NO2/c1-12(2)13-4-6-17(18(11-13)22-3)19-16-7-5-15(21)10-14(16)8-9-20-19/h4-7,10-12,19-21H,8-9H2,1-3H3. The van der Waals surface area contributed by atoms with E-state index in [1.165, 1.54) is 16.7 Å². The number of methoxy groups -OCH3 is 1. The largest absolute Gasteiger partial charge is 0.508 e.